The Morgan fingerprint density at radius 2 is 1.59 bits per heavy atom. The third kappa shape index (κ3) is 4.05. The molecule has 1 atom stereocenters. The second kappa shape index (κ2) is 8.29. The van der Waals surface area contributed by atoms with Crippen molar-refractivity contribution in [3.63, 3.8) is 0 Å². The van der Waals surface area contributed by atoms with Crippen LogP contribution in [0.2, 0.25) is 0 Å². The van der Waals surface area contributed by atoms with Gasteiger partial charge in [0.25, 0.3) is 0 Å². The third-order valence-corrected chi connectivity index (χ3v) is 5.05. The Morgan fingerprint density at radius 1 is 0.862 bits per heavy atom. The number of rotatable bonds is 6. The van der Waals surface area contributed by atoms with Gasteiger partial charge in [-0.3, -0.25) is 9.88 Å². The van der Waals surface area contributed by atoms with Crippen molar-refractivity contribution in [2.45, 2.75) is 12.6 Å². The van der Waals surface area contributed by atoms with Crippen LogP contribution in [0.1, 0.15) is 11.7 Å². The van der Waals surface area contributed by atoms with Crippen molar-refractivity contribution >= 4 is 0 Å². The van der Waals surface area contributed by atoms with E-state index in [4.69, 9.17) is 4.98 Å². The molecule has 0 spiro atoms. The SMILES string of the molecule is CN(C)[C@H](Cn1cnc(-c2ccccc2)c1-c1ccc(O)cc1)c1ccccn1. The van der Waals surface area contributed by atoms with Gasteiger partial charge in [0.15, 0.2) is 0 Å². The van der Waals surface area contributed by atoms with Crippen LogP contribution in [0.15, 0.2) is 85.3 Å². The van der Waals surface area contributed by atoms with Gasteiger partial charge in [-0.2, -0.15) is 0 Å². The monoisotopic (exact) mass is 384 g/mol. The number of phenols is 1. The molecule has 0 saturated carbocycles. The molecule has 0 bridgehead atoms. The molecule has 4 rings (SSSR count). The normalized spacial score (nSPS) is 12.2. The van der Waals surface area contributed by atoms with Gasteiger partial charge in [0, 0.05) is 23.9 Å². The minimum atomic E-state index is 0.102. The summed E-state index contributed by atoms with van der Waals surface area (Å²) in [6, 6.07) is 23.6. The first kappa shape index (κ1) is 18.9. The number of imidazole rings is 1. The van der Waals surface area contributed by atoms with Crippen LogP contribution in [0.3, 0.4) is 0 Å². The average molecular weight is 384 g/mol. The Labute approximate surface area is 170 Å². The predicted molar refractivity (Wildman–Crippen MR) is 115 cm³/mol. The number of phenolic OH excluding ortho intramolecular Hbond substituents is 1. The molecule has 0 unspecified atom stereocenters. The molecule has 5 nitrogen and oxygen atoms in total. The van der Waals surface area contributed by atoms with E-state index in [2.05, 4.69) is 46.7 Å². The van der Waals surface area contributed by atoms with E-state index in [0.717, 1.165) is 28.2 Å². The fourth-order valence-corrected chi connectivity index (χ4v) is 3.53. The minimum absolute atomic E-state index is 0.102. The number of likely N-dealkylation sites (N-methyl/N-ethyl adjacent to an activating group) is 1. The molecule has 0 saturated heterocycles. The van der Waals surface area contributed by atoms with Crippen LogP contribution in [0.5, 0.6) is 5.75 Å². The predicted octanol–water partition coefficient (Wildman–Crippen LogP) is 4.62. The molecule has 0 aliphatic carbocycles. The van der Waals surface area contributed by atoms with Crippen LogP contribution < -0.4 is 0 Å². The van der Waals surface area contributed by atoms with Crippen molar-refractivity contribution in [1.29, 1.82) is 0 Å². The molecule has 146 valence electrons. The molecule has 29 heavy (non-hydrogen) atoms. The van der Waals surface area contributed by atoms with Gasteiger partial charge in [0.1, 0.15) is 5.75 Å². The standard InChI is InChI=1S/C24H24N4O/c1-27(2)22(21-10-6-7-15-25-21)16-28-17-26-23(18-8-4-3-5-9-18)24(28)19-11-13-20(29)14-12-19/h3-15,17,22,29H,16H2,1-2H3/t22-/m1/s1. The molecule has 4 aromatic rings. The van der Waals surface area contributed by atoms with Gasteiger partial charge in [0.2, 0.25) is 0 Å². The maximum Gasteiger partial charge on any atom is 0.115 e. The second-order valence-electron chi connectivity index (χ2n) is 7.24. The summed E-state index contributed by atoms with van der Waals surface area (Å²) in [5.74, 6) is 0.251. The Bertz CT molecular complexity index is 1060. The summed E-state index contributed by atoms with van der Waals surface area (Å²) in [7, 11) is 4.13. The van der Waals surface area contributed by atoms with E-state index in [0.29, 0.717) is 6.54 Å². The van der Waals surface area contributed by atoms with Crippen LogP contribution in [0, 0.1) is 0 Å². The molecule has 2 aromatic carbocycles. The molecule has 1 N–H and O–H groups in total. The summed E-state index contributed by atoms with van der Waals surface area (Å²) in [5.41, 5.74) is 5.05. The van der Waals surface area contributed by atoms with Gasteiger partial charge < -0.3 is 9.67 Å². The highest BCUT2D eigenvalue weighted by atomic mass is 16.3. The zero-order valence-electron chi connectivity index (χ0n) is 16.6. The van der Waals surface area contributed by atoms with Crippen LogP contribution in [-0.2, 0) is 6.54 Å². The lowest BCUT2D eigenvalue weighted by atomic mass is 10.0. The Balaban J connectivity index is 1.81. The summed E-state index contributed by atoms with van der Waals surface area (Å²) < 4.78 is 2.17. The molecule has 0 fully saturated rings. The smallest absolute Gasteiger partial charge is 0.115 e. The highest BCUT2D eigenvalue weighted by Crippen LogP contribution is 2.33. The highest BCUT2D eigenvalue weighted by molar-refractivity contribution is 5.78. The molecule has 0 amide bonds. The fourth-order valence-electron chi connectivity index (χ4n) is 3.53. The molecule has 5 heteroatoms. The zero-order chi connectivity index (χ0) is 20.2. The Hall–Kier alpha value is -3.44. The molecule has 0 aliphatic heterocycles. The Morgan fingerprint density at radius 3 is 2.24 bits per heavy atom. The van der Waals surface area contributed by atoms with E-state index in [1.54, 1.807) is 12.1 Å². The fraction of sp³-hybridized carbons (Fsp3) is 0.167. The van der Waals surface area contributed by atoms with E-state index in [1.165, 1.54) is 0 Å². The zero-order valence-corrected chi connectivity index (χ0v) is 16.6. The number of aromatic hydroxyl groups is 1. The number of benzene rings is 2. The number of pyridine rings is 1. The minimum Gasteiger partial charge on any atom is -0.508 e. The molecule has 2 heterocycles. The molecule has 0 aliphatic rings. The number of nitrogens with zero attached hydrogens (tertiary/aromatic N) is 4. The van der Waals surface area contributed by atoms with E-state index < -0.39 is 0 Å². The van der Waals surface area contributed by atoms with Gasteiger partial charge in [-0.1, -0.05) is 36.4 Å². The van der Waals surface area contributed by atoms with Gasteiger partial charge in [-0.25, -0.2) is 4.98 Å². The van der Waals surface area contributed by atoms with Gasteiger partial charge in [-0.05, 0) is 50.5 Å². The Kier molecular flexibility index (Phi) is 5.40. The van der Waals surface area contributed by atoms with Crippen molar-refractivity contribution in [1.82, 2.24) is 19.4 Å². The van der Waals surface area contributed by atoms with Gasteiger partial charge in [0.05, 0.1) is 29.5 Å². The van der Waals surface area contributed by atoms with Crippen LogP contribution in [-0.4, -0.2) is 38.6 Å². The molecular formula is C24H24N4O. The van der Waals surface area contributed by atoms with Gasteiger partial charge >= 0.3 is 0 Å². The largest absolute Gasteiger partial charge is 0.508 e. The first-order valence-electron chi connectivity index (χ1n) is 9.61. The summed E-state index contributed by atoms with van der Waals surface area (Å²) in [6.45, 7) is 0.708. The topological polar surface area (TPSA) is 54.2 Å². The van der Waals surface area contributed by atoms with Crippen molar-refractivity contribution < 1.29 is 5.11 Å². The van der Waals surface area contributed by atoms with Gasteiger partial charge in [-0.15, -0.1) is 0 Å². The summed E-state index contributed by atoms with van der Waals surface area (Å²) in [4.78, 5) is 11.5. The van der Waals surface area contributed by atoms with E-state index in [9.17, 15) is 5.11 Å². The van der Waals surface area contributed by atoms with E-state index in [1.807, 2.05) is 55.0 Å². The van der Waals surface area contributed by atoms with Crippen molar-refractivity contribution in [3.8, 4) is 28.3 Å². The quantitative estimate of drug-likeness (QED) is 0.527. The van der Waals surface area contributed by atoms with E-state index in [-0.39, 0.29) is 11.8 Å². The summed E-state index contributed by atoms with van der Waals surface area (Å²) in [5, 5.41) is 9.74. The van der Waals surface area contributed by atoms with Crippen molar-refractivity contribution in [2.75, 3.05) is 14.1 Å². The number of hydrogen-bond acceptors (Lipinski definition) is 4. The van der Waals surface area contributed by atoms with E-state index >= 15 is 0 Å². The van der Waals surface area contributed by atoms with Crippen LogP contribution in [0.4, 0.5) is 0 Å². The number of aromatic nitrogens is 3. The third-order valence-electron chi connectivity index (χ3n) is 5.05. The van der Waals surface area contributed by atoms with Crippen LogP contribution in [0.25, 0.3) is 22.5 Å². The molecule has 2 aromatic heterocycles. The first-order valence-corrected chi connectivity index (χ1v) is 9.61. The first-order chi connectivity index (χ1) is 14.1. The lowest BCUT2D eigenvalue weighted by Gasteiger charge is -2.25. The summed E-state index contributed by atoms with van der Waals surface area (Å²) >= 11 is 0. The molecule has 0 radical (unpaired) electrons. The van der Waals surface area contributed by atoms with Crippen LogP contribution >= 0.6 is 0 Å². The van der Waals surface area contributed by atoms with Crippen molar-refractivity contribution in [2.24, 2.45) is 0 Å². The van der Waals surface area contributed by atoms with Crippen molar-refractivity contribution in [3.05, 3.63) is 91.0 Å². The lowest BCUT2D eigenvalue weighted by Crippen LogP contribution is -2.25. The molecular weight excluding hydrogens is 360 g/mol. The maximum atomic E-state index is 9.74. The number of hydrogen-bond donors (Lipinski definition) is 1. The second-order valence-corrected chi connectivity index (χ2v) is 7.24. The summed E-state index contributed by atoms with van der Waals surface area (Å²) in [6.07, 6.45) is 3.72. The lowest BCUT2D eigenvalue weighted by molar-refractivity contribution is 0.264. The average Bonchev–Trinajstić information content (AvgIpc) is 3.17. The maximum absolute atomic E-state index is 9.74. The highest BCUT2D eigenvalue weighted by Gasteiger charge is 2.21.